The van der Waals surface area contributed by atoms with Gasteiger partial charge in [0.1, 0.15) is 0 Å². The first kappa shape index (κ1) is 35.5. The molecule has 234 valence electrons. The van der Waals surface area contributed by atoms with Crippen molar-refractivity contribution in [3.8, 4) is 0 Å². The van der Waals surface area contributed by atoms with Crippen molar-refractivity contribution in [2.45, 2.75) is 72.4 Å². The minimum absolute atomic E-state index is 0.00644. The van der Waals surface area contributed by atoms with Crippen molar-refractivity contribution in [1.29, 1.82) is 0 Å². The molecule has 1 aromatic rings. The third-order valence-electron chi connectivity index (χ3n) is 5.14. The van der Waals surface area contributed by atoms with Gasteiger partial charge in [0, 0.05) is 25.2 Å². The van der Waals surface area contributed by atoms with Crippen molar-refractivity contribution in [2.75, 3.05) is 0 Å². The van der Waals surface area contributed by atoms with Crippen molar-refractivity contribution in [2.24, 2.45) is 0 Å². The molecule has 0 spiro atoms. The molecular formula is C17H8F21NO. The molecule has 0 N–H and O–H groups in total. The second-order valence-corrected chi connectivity index (χ2v) is 7.78. The van der Waals surface area contributed by atoms with Crippen LogP contribution in [0.15, 0.2) is 29.2 Å². The maximum absolute atomic E-state index is 13.8. The van der Waals surface area contributed by atoms with E-state index in [-0.39, 0.29) is 4.57 Å². The average molecular weight is 641 g/mol. The van der Waals surface area contributed by atoms with E-state index in [0.717, 1.165) is 12.1 Å². The lowest BCUT2D eigenvalue weighted by atomic mass is 9.86. The number of aromatic nitrogens is 1. The Morgan fingerprint density at radius 3 is 1.12 bits per heavy atom. The molecule has 0 aromatic carbocycles. The van der Waals surface area contributed by atoms with Gasteiger partial charge in [-0.3, -0.25) is 4.79 Å². The predicted octanol–water partition coefficient (Wildman–Crippen LogP) is 7.52. The number of aryl methyl sites for hydroxylation is 1. The zero-order valence-electron chi connectivity index (χ0n) is 18.0. The van der Waals surface area contributed by atoms with Gasteiger partial charge in [0.25, 0.3) is 5.56 Å². The van der Waals surface area contributed by atoms with Crippen LogP contribution >= 0.6 is 0 Å². The SMILES string of the molecule is O=c1ccccn1CCC(F)(F)C(F)(F)C(F)(F)C(F)(F)C(F)(F)C(F)(F)C(F)(F)C(F)(F)C(F)(F)C(F)(F)F. The summed E-state index contributed by atoms with van der Waals surface area (Å²) < 4.78 is 279. The Hall–Kier alpha value is -2.52. The second kappa shape index (κ2) is 9.51. The molecule has 0 fully saturated rings. The smallest absolute Gasteiger partial charge is 0.315 e. The normalized spacial score (nSPS) is 15.9. The summed E-state index contributed by atoms with van der Waals surface area (Å²) in [5, 5.41) is 0. The van der Waals surface area contributed by atoms with Crippen LogP contribution in [0.5, 0.6) is 0 Å². The van der Waals surface area contributed by atoms with Crippen LogP contribution in [0, 0.1) is 0 Å². The van der Waals surface area contributed by atoms with E-state index in [0.29, 0.717) is 12.3 Å². The minimum atomic E-state index is -9.20. The Morgan fingerprint density at radius 2 is 0.800 bits per heavy atom. The Balaban J connectivity index is 3.66. The van der Waals surface area contributed by atoms with Gasteiger partial charge >= 0.3 is 59.5 Å². The number of halogens is 21. The number of hydrogen-bond acceptors (Lipinski definition) is 1. The van der Waals surface area contributed by atoms with Gasteiger partial charge in [-0.25, -0.2) is 0 Å². The Labute approximate surface area is 205 Å². The van der Waals surface area contributed by atoms with Gasteiger partial charge in [0.2, 0.25) is 0 Å². The topological polar surface area (TPSA) is 22.0 Å². The summed E-state index contributed by atoms with van der Waals surface area (Å²) in [4.78, 5) is 11.3. The number of alkyl halides is 21. The highest BCUT2D eigenvalue weighted by molar-refractivity contribution is 5.18. The number of rotatable bonds is 11. The maximum atomic E-state index is 13.8. The van der Waals surface area contributed by atoms with Gasteiger partial charge in [-0.2, -0.15) is 92.2 Å². The third kappa shape index (κ3) is 4.63. The summed E-state index contributed by atoms with van der Waals surface area (Å²) in [7, 11) is 0. The van der Waals surface area contributed by atoms with Crippen LogP contribution in [-0.2, 0) is 6.54 Å². The summed E-state index contributed by atoms with van der Waals surface area (Å²) in [6.45, 7) is -1.81. The highest BCUT2D eigenvalue weighted by Gasteiger charge is 2.97. The number of nitrogens with zero attached hydrogens (tertiary/aromatic N) is 1. The molecule has 1 rings (SSSR count). The Morgan fingerprint density at radius 1 is 0.475 bits per heavy atom. The third-order valence-corrected chi connectivity index (χ3v) is 5.14. The summed E-state index contributed by atoms with van der Waals surface area (Å²) in [6, 6.07) is 2.24. The first-order valence-corrected chi connectivity index (χ1v) is 9.36. The molecule has 2 nitrogen and oxygen atoms in total. The van der Waals surface area contributed by atoms with Crippen LogP contribution in [0.1, 0.15) is 6.42 Å². The monoisotopic (exact) mass is 641 g/mol. The maximum Gasteiger partial charge on any atom is 0.460 e. The summed E-state index contributed by atoms with van der Waals surface area (Å²) in [5.41, 5.74) is -1.34. The summed E-state index contributed by atoms with van der Waals surface area (Å²) in [5.74, 6) is -77.2. The zero-order valence-corrected chi connectivity index (χ0v) is 18.0. The van der Waals surface area contributed by atoms with Crippen LogP contribution in [0.2, 0.25) is 0 Å². The fraction of sp³-hybridized carbons (Fsp3) is 0.706. The lowest BCUT2D eigenvalue weighted by Crippen LogP contribution is -2.76. The quantitative estimate of drug-likeness (QED) is 0.229. The van der Waals surface area contributed by atoms with Gasteiger partial charge in [-0.15, -0.1) is 0 Å². The predicted molar refractivity (Wildman–Crippen MR) is 85.9 cm³/mol. The molecule has 0 saturated heterocycles. The second-order valence-electron chi connectivity index (χ2n) is 7.78. The van der Waals surface area contributed by atoms with E-state index in [9.17, 15) is 97.0 Å². The molecule has 0 unspecified atom stereocenters. The molecule has 0 aliphatic heterocycles. The molecule has 0 aliphatic carbocycles. The van der Waals surface area contributed by atoms with E-state index in [2.05, 4.69) is 0 Å². The lowest BCUT2D eigenvalue weighted by Gasteiger charge is -2.44. The zero-order chi connectivity index (χ0) is 32.4. The van der Waals surface area contributed by atoms with Crippen LogP contribution in [0.25, 0.3) is 0 Å². The van der Waals surface area contributed by atoms with Gasteiger partial charge in [0.05, 0.1) is 0 Å². The first-order valence-electron chi connectivity index (χ1n) is 9.36. The highest BCUT2D eigenvalue weighted by atomic mass is 19.4. The molecule has 0 atom stereocenters. The Kier molecular flexibility index (Phi) is 8.44. The van der Waals surface area contributed by atoms with Gasteiger partial charge < -0.3 is 4.57 Å². The van der Waals surface area contributed by atoms with Crippen molar-refractivity contribution >= 4 is 0 Å². The molecule has 1 aromatic heterocycles. The van der Waals surface area contributed by atoms with Crippen LogP contribution in [0.3, 0.4) is 0 Å². The molecule has 40 heavy (non-hydrogen) atoms. The summed E-state index contributed by atoms with van der Waals surface area (Å²) in [6.07, 6.45) is -10.4. The largest absolute Gasteiger partial charge is 0.460 e. The molecule has 0 saturated carbocycles. The number of pyridine rings is 1. The van der Waals surface area contributed by atoms with Crippen LogP contribution < -0.4 is 5.56 Å². The highest BCUT2D eigenvalue weighted by Crippen LogP contribution is 2.66. The van der Waals surface area contributed by atoms with Crippen molar-refractivity contribution in [1.82, 2.24) is 4.57 Å². The molecule has 23 heteroatoms. The van der Waals surface area contributed by atoms with E-state index in [1.54, 1.807) is 0 Å². The molecule has 0 aliphatic rings. The van der Waals surface area contributed by atoms with Crippen LogP contribution in [0.4, 0.5) is 92.2 Å². The standard InChI is InChI=1S/C17H8F21NO/c18-8(19,4-6-39-5-2-1-3-7(39)40)9(20,21)10(22,23)11(24,25)12(26,27)13(28,29)14(30,31)15(32,33)16(34,35)17(36,37)38/h1-3,5H,4,6H2. The first-order chi connectivity index (χ1) is 17.2. The van der Waals surface area contributed by atoms with Gasteiger partial charge in [0.15, 0.2) is 0 Å². The average Bonchev–Trinajstić information content (AvgIpc) is 2.76. The van der Waals surface area contributed by atoms with Crippen molar-refractivity contribution in [3.05, 3.63) is 34.7 Å². The molecular weight excluding hydrogens is 633 g/mol. The van der Waals surface area contributed by atoms with E-state index in [1.807, 2.05) is 0 Å². The van der Waals surface area contributed by atoms with E-state index in [1.165, 1.54) is 0 Å². The van der Waals surface area contributed by atoms with Crippen molar-refractivity contribution in [3.63, 3.8) is 0 Å². The molecule has 0 radical (unpaired) electrons. The van der Waals surface area contributed by atoms with E-state index >= 15 is 0 Å². The van der Waals surface area contributed by atoms with E-state index < -0.39 is 78.0 Å². The van der Waals surface area contributed by atoms with Crippen LogP contribution in [-0.4, -0.2) is 64.0 Å². The summed E-state index contributed by atoms with van der Waals surface area (Å²) >= 11 is 0. The van der Waals surface area contributed by atoms with E-state index in [4.69, 9.17) is 0 Å². The van der Waals surface area contributed by atoms with Crippen molar-refractivity contribution < 1.29 is 92.2 Å². The fourth-order valence-electron chi connectivity index (χ4n) is 2.65. The number of hydrogen-bond donors (Lipinski definition) is 0. The molecule has 0 bridgehead atoms. The molecule has 1 heterocycles. The van der Waals surface area contributed by atoms with Gasteiger partial charge in [-0.1, -0.05) is 6.07 Å². The minimum Gasteiger partial charge on any atom is -0.315 e. The molecule has 0 amide bonds. The lowest BCUT2D eigenvalue weighted by molar-refractivity contribution is -0.474. The fourth-order valence-corrected chi connectivity index (χ4v) is 2.65. The Bertz CT molecular complexity index is 1110. The van der Waals surface area contributed by atoms with Gasteiger partial charge in [-0.05, 0) is 6.07 Å².